The average Bonchev–Trinajstić information content (AvgIpc) is 2.39. The van der Waals surface area contributed by atoms with Crippen LogP contribution in [-0.4, -0.2) is 6.54 Å². The van der Waals surface area contributed by atoms with Gasteiger partial charge in [0.1, 0.15) is 0 Å². The van der Waals surface area contributed by atoms with Gasteiger partial charge in [-0.2, -0.15) is 0 Å². The minimum Gasteiger partial charge on any atom is -0.309 e. The molecule has 1 atom stereocenters. The van der Waals surface area contributed by atoms with E-state index in [4.69, 9.17) is 0 Å². The van der Waals surface area contributed by atoms with E-state index in [2.05, 4.69) is 64.2 Å². The SMILES string of the molecule is CCCNC(c1ccc(CC)cc1)C(C)(C)CC. The molecule has 1 aromatic rings. The maximum atomic E-state index is 3.71. The van der Waals surface area contributed by atoms with Gasteiger partial charge in [-0.15, -0.1) is 0 Å². The van der Waals surface area contributed by atoms with E-state index < -0.39 is 0 Å². The minimum absolute atomic E-state index is 0.295. The van der Waals surface area contributed by atoms with Crippen LogP contribution in [0.5, 0.6) is 0 Å². The van der Waals surface area contributed by atoms with Gasteiger partial charge in [0, 0.05) is 6.04 Å². The summed E-state index contributed by atoms with van der Waals surface area (Å²) in [6, 6.07) is 9.57. The van der Waals surface area contributed by atoms with Crippen LogP contribution < -0.4 is 5.32 Å². The second kappa shape index (κ2) is 6.94. The Morgan fingerprint density at radius 3 is 2.11 bits per heavy atom. The normalized spacial score (nSPS) is 13.6. The lowest BCUT2D eigenvalue weighted by molar-refractivity contribution is 0.234. The second-order valence-corrected chi connectivity index (χ2v) is 5.82. The highest BCUT2D eigenvalue weighted by molar-refractivity contribution is 5.26. The Labute approximate surface area is 113 Å². The Balaban J connectivity index is 2.93. The summed E-state index contributed by atoms with van der Waals surface area (Å²) in [5.41, 5.74) is 3.14. The molecule has 0 aliphatic carbocycles. The zero-order valence-corrected chi connectivity index (χ0v) is 12.7. The maximum absolute atomic E-state index is 3.71. The summed E-state index contributed by atoms with van der Waals surface area (Å²) in [7, 11) is 0. The Morgan fingerprint density at radius 2 is 1.67 bits per heavy atom. The second-order valence-electron chi connectivity index (χ2n) is 5.82. The summed E-state index contributed by atoms with van der Waals surface area (Å²) < 4.78 is 0. The Hall–Kier alpha value is -0.820. The van der Waals surface area contributed by atoms with Crippen LogP contribution in [0.2, 0.25) is 0 Å². The van der Waals surface area contributed by atoms with E-state index in [-0.39, 0.29) is 0 Å². The van der Waals surface area contributed by atoms with Gasteiger partial charge in [0.05, 0.1) is 0 Å². The van der Waals surface area contributed by atoms with Crippen LogP contribution in [0.15, 0.2) is 24.3 Å². The van der Waals surface area contributed by atoms with Gasteiger partial charge in [-0.05, 0) is 42.3 Å². The summed E-state index contributed by atoms with van der Waals surface area (Å²) in [5, 5.41) is 3.71. The molecule has 0 aliphatic heterocycles. The predicted molar refractivity (Wildman–Crippen MR) is 80.9 cm³/mol. The zero-order valence-electron chi connectivity index (χ0n) is 12.7. The summed E-state index contributed by atoms with van der Waals surface area (Å²) in [6.45, 7) is 12.5. The molecule has 1 aromatic carbocycles. The molecule has 0 radical (unpaired) electrons. The average molecular weight is 247 g/mol. The Kier molecular flexibility index (Phi) is 5.87. The topological polar surface area (TPSA) is 12.0 Å². The summed E-state index contributed by atoms with van der Waals surface area (Å²) >= 11 is 0. The van der Waals surface area contributed by atoms with Crippen LogP contribution in [0.25, 0.3) is 0 Å². The molecule has 1 nitrogen and oxygen atoms in total. The number of aryl methyl sites for hydroxylation is 1. The number of hydrogen-bond donors (Lipinski definition) is 1. The van der Waals surface area contributed by atoms with Gasteiger partial charge in [-0.25, -0.2) is 0 Å². The molecule has 0 bridgehead atoms. The van der Waals surface area contributed by atoms with Crippen molar-refractivity contribution in [3.8, 4) is 0 Å². The monoisotopic (exact) mass is 247 g/mol. The first-order chi connectivity index (χ1) is 8.55. The highest BCUT2D eigenvalue weighted by Gasteiger charge is 2.28. The molecule has 0 aromatic heterocycles. The lowest BCUT2D eigenvalue weighted by Crippen LogP contribution is -2.34. The van der Waals surface area contributed by atoms with Crippen molar-refractivity contribution in [1.82, 2.24) is 5.32 Å². The third-order valence-corrected chi connectivity index (χ3v) is 4.01. The lowest BCUT2D eigenvalue weighted by Gasteiger charge is -2.35. The van der Waals surface area contributed by atoms with E-state index >= 15 is 0 Å². The van der Waals surface area contributed by atoms with Crippen molar-refractivity contribution < 1.29 is 0 Å². The maximum Gasteiger partial charge on any atom is 0.0371 e. The van der Waals surface area contributed by atoms with Gasteiger partial charge in [0.15, 0.2) is 0 Å². The van der Waals surface area contributed by atoms with Gasteiger partial charge in [-0.1, -0.05) is 58.9 Å². The van der Waals surface area contributed by atoms with Crippen molar-refractivity contribution in [3.05, 3.63) is 35.4 Å². The van der Waals surface area contributed by atoms with E-state index in [0.29, 0.717) is 11.5 Å². The van der Waals surface area contributed by atoms with Crippen molar-refractivity contribution >= 4 is 0 Å². The molecule has 0 saturated heterocycles. The molecule has 1 rings (SSSR count). The van der Waals surface area contributed by atoms with Gasteiger partial charge in [-0.3, -0.25) is 0 Å². The molecule has 1 unspecified atom stereocenters. The zero-order chi connectivity index (χ0) is 13.6. The summed E-state index contributed by atoms with van der Waals surface area (Å²) in [4.78, 5) is 0. The largest absolute Gasteiger partial charge is 0.309 e. The van der Waals surface area contributed by atoms with Crippen LogP contribution in [-0.2, 0) is 6.42 Å². The fourth-order valence-corrected chi connectivity index (χ4v) is 2.28. The number of benzene rings is 1. The van der Waals surface area contributed by atoms with Crippen LogP contribution >= 0.6 is 0 Å². The predicted octanol–water partition coefficient (Wildman–Crippen LogP) is 4.73. The fourth-order valence-electron chi connectivity index (χ4n) is 2.28. The van der Waals surface area contributed by atoms with Crippen molar-refractivity contribution in [2.45, 2.75) is 59.9 Å². The molecule has 0 spiro atoms. The van der Waals surface area contributed by atoms with Crippen molar-refractivity contribution in [3.63, 3.8) is 0 Å². The standard InChI is InChI=1S/C17H29N/c1-6-13-18-16(17(4,5)8-3)15-11-9-14(7-2)10-12-15/h9-12,16,18H,6-8,13H2,1-5H3. The van der Waals surface area contributed by atoms with Crippen molar-refractivity contribution in [2.75, 3.05) is 6.54 Å². The summed E-state index contributed by atoms with van der Waals surface area (Å²) in [6.07, 6.45) is 3.48. The first-order valence-electron chi connectivity index (χ1n) is 7.37. The molecule has 102 valence electrons. The number of rotatable bonds is 7. The Bertz CT molecular complexity index is 337. The summed E-state index contributed by atoms with van der Waals surface area (Å²) in [5.74, 6) is 0. The highest BCUT2D eigenvalue weighted by Crippen LogP contribution is 2.36. The molecule has 1 N–H and O–H groups in total. The molecule has 0 heterocycles. The first-order valence-corrected chi connectivity index (χ1v) is 7.37. The van der Waals surface area contributed by atoms with Crippen LogP contribution in [0.4, 0.5) is 0 Å². The molecule has 0 saturated carbocycles. The van der Waals surface area contributed by atoms with Gasteiger partial charge in [0.2, 0.25) is 0 Å². The van der Waals surface area contributed by atoms with E-state index in [1.54, 1.807) is 0 Å². The molecule has 0 fully saturated rings. The lowest BCUT2D eigenvalue weighted by atomic mass is 9.78. The molecule has 1 heteroatoms. The quantitative estimate of drug-likeness (QED) is 0.734. The van der Waals surface area contributed by atoms with Crippen LogP contribution in [0, 0.1) is 5.41 Å². The van der Waals surface area contributed by atoms with E-state index in [9.17, 15) is 0 Å². The third-order valence-electron chi connectivity index (χ3n) is 4.01. The molecule has 0 amide bonds. The van der Waals surface area contributed by atoms with Gasteiger partial charge >= 0.3 is 0 Å². The van der Waals surface area contributed by atoms with Gasteiger partial charge in [0.25, 0.3) is 0 Å². The third kappa shape index (κ3) is 3.84. The molecule has 0 aliphatic rings. The number of hydrogen-bond acceptors (Lipinski definition) is 1. The molecular formula is C17H29N. The molecule has 18 heavy (non-hydrogen) atoms. The van der Waals surface area contributed by atoms with Crippen molar-refractivity contribution in [2.24, 2.45) is 5.41 Å². The van der Waals surface area contributed by atoms with E-state index in [1.807, 2.05) is 0 Å². The van der Waals surface area contributed by atoms with Crippen LogP contribution in [0.3, 0.4) is 0 Å². The fraction of sp³-hybridized carbons (Fsp3) is 0.647. The Morgan fingerprint density at radius 1 is 1.06 bits per heavy atom. The van der Waals surface area contributed by atoms with Crippen LogP contribution in [0.1, 0.15) is 64.6 Å². The first kappa shape index (κ1) is 15.2. The van der Waals surface area contributed by atoms with Gasteiger partial charge < -0.3 is 5.32 Å². The number of nitrogens with one attached hydrogen (secondary N) is 1. The minimum atomic E-state index is 0.295. The van der Waals surface area contributed by atoms with E-state index in [1.165, 1.54) is 24.0 Å². The van der Waals surface area contributed by atoms with E-state index in [0.717, 1.165) is 13.0 Å². The van der Waals surface area contributed by atoms with Crippen molar-refractivity contribution in [1.29, 1.82) is 0 Å². The molecular weight excluding hydrogens is 218 g/mol. The smallest absolute Gasteiger partial charge is 0.0371 e. The highest BCUT2D eigenvalue weighted by atomic mass is 14.9.